The first-order valence-electron chi connectivity index (χ1n) is 13.8. The number of aryl methyl sites for hydroxylation is 1. The van der Waals surface area contributed by atoms with Gasteiger partial charge in [-0.15, -0.1) is 18.3 Å². The second-order valence-electron chi connectivity index (χ2n) is 10.7. The first-order valence-corrected chi connectivity index (χ1v) is 14.2. The lowest BCUT2D eigenvalue weighted by Crippen LogP contribution is -2.34. The Labute approximate surface area is 254 Å². The molecule has 44 heavy (non-hydrogen) atoms. The van der Waals surface area contributed by atoms with E-state index in [2.05, 4.69) is 20.1 Å². The summed E-state index contributed by atoms with van der Waals surface area (Å²) in [4.78, 5) is 16.0. The number of alkyl halides is 6. The van der Waals surface area contributed by atoms with Crippen LogP contribution < -0.4 is 14.5 Å². The maximum absolute atomic E-state index is 13.5. The SMILES string of the molecule is CCN(C[C@H]1CC[C@H](C(=O)O)CC1)c1ccc(OC(F)(F)F)cc1CN(Cc1cc(Cl)cc(C(F)(F)F)c1)c1nnn(C)n1. The van der Waals surface area contributed by atoms with Gasteiger partial charge in [0.2, 0.25) is 0 Å². The number of tetrazole rings is 1. The Balaban J connectivity index is 1.69. The van der Waals surface area contributed by atoms with E-state index in [9.17, 15) is 36.2 Å². The topological polar surface area (TPSA) is 96.6 Å². The number of rotatable bonds is 11. The van der Waals surface area contributed by atoms with Crippen molar-refractivity contribution in [1.82, 2.24) is 20.2 Å². The van der Waals surface area contributed by atoms with Crippen LogP contribution in [0.2, 0.25) is 5.02 Å². The number of anilines is 2. The lowest BCUT2D eigenvalue weighted by atomic mass is 9.81. The summed E-state index contributed by atoms with van der Waals surface area (Å²) in [5.41, 5.74) is 0.170. The molecule has 0 atom stereocenters. The van der Waals surface area contributed by atoms with Gasteiger partial charge in [0.25, 0.3) is 5.95 Å². The third-order valence-electron chi connectivity index (χ3n) is 7.48. The highest BCUT2D eigenvalue weighted by atomic mass is 35.5. The number of ether oxygens (including phenoxy) is 1. The number of nitrogens with zero attached hydrogens (tertiary/aromatic N) is 6. The van der Waals surface area contributed by atoms with Gasteiger partial charge in [0.15, 0.2) is 0 Å². The van der Waals surface area contributed by atoms with Gasteiger partial charge >= 0.3 is 18.5 Å². The lowest BCUT2D eigenvalue weighted by molar-refractivity contribution is -0.274. The third kappa shape index (κ3) is 8.89. The van der Waals surface area contributed by atoms with Crippen molar-refractivity contribution >= 4 is 29.2 Å². The summed E-state index contributed by atoms with van der Waals surface area (Å²) in [5.74, 6) is -1.49. The second-order valence-corrected chi connectivity index (χ2v) is 11.2. The molecule has 0 spiro atoms. The predicted molar refractivity (Wildman–Crippen MR) is 149 cm³/mol. The van der Waals surface area contributed by atoms with E-state index in [0.717, 1.165) is 16.9 Å². The zero-order valence-corrected chi connectivity index (χ0v) is 24.6. The van der Waals surface area contributed by atoms with Crippen LogP contribution in [0.25, 0.3) is 0 Å². The zero-order valence-electron chi connectivity index (χ0n) is 23.9. The van der Waals surface area contributed by atoms with E-state index >= 15 is 0 Å². The molecular weight excluding hydrogens is 618 g/mol. The molecule has 4 rings (SSSR count). The summed E-state index contributed by atoms with van der Waals surface area (Å²) >= 11 is 6.01. The average Bonchev–Trinajstić information content (AvgIpc) is 3.36. The Morgan fingerprint density at radius 1 is 1.05 bits per heavy atom. The van der Waals surface area contributed by atoms with Gasteiger partial charge in [-0.1, -0.05) is 16.7 Å². The van der Waals surface area contributed by atoms with Gasteiger partial charge < -0.3 is 19.6 Å². The predicted octanol–water partition coefficient (Wildman–Crippen LogP) is 6.71. The molecule has 0 radical (unpaired) electrons. The molecule has 1 N–H and O–H groups in total. The van der Waals surface area contributed by atoms with E-state index in [4.69, 9.17) is 11.6 Å². The first-order chi connectivity index (χ1) is 20.6. The fourth-order valence-corrected chi connectivity index (χ4v) is 5.68. The number of halogens is 7. The molecule has 16 heteroatoms. The van der Waals surface area contributed by atoms with Crippen LogP contribution in [0.4, 0.5) is 38.0 Å². The average molecular weight is 649 g/mol. The first kappa shape index (κ1) is 33.1. The molecule has 2 aromatic carbocycles. The molecule has 3 aromatic rings. The zero-order chi connectivity index (χ0) is 32.2. The van der Waals surface area contributed by atoms with Gasteiger partial charge in [-0.05, 0) is 91.3 Å². The van der Waals surface area contributed by atoms with Gasteiger partial charge in [-0.2, -0.15) is 18.0 Å². The molecule has 1 aliphatic rings. The van der Waals surface area contributed by atoms with E-state index in [1.165, 1.54) is 36.2 Å². The number of aromatic nitrogens is 4. The van der Waals surface area contributed by atoms with Crippen molar-refractivity contribution in [2.45, 2.75) is 58.2 Å². The number of aliphatic carboxylic acids is 1. The monoisotopic (exact) mass is 648 g/mol. The summed E-state index contributed by atoms with van der Waals surface area (Å²) in [5, 5.41) is 21.2. The van der Waals surface area contributed by atoms with Crippen molar-refractivity contribution in [2.24, 2.45) is 18.9 Å². The summed E-state index contributed by atoms with van der Waals surface area (Å²) in [6, 6.07) is 7.03. The summed E-state index contributed by atoms with van der Waals surface area (Å²) < 4.78 is 84.3. The molecule has 0 amide bonds. The van der Waals surface area contributed by atoms with E-state index in [1.807, 2.05) is 11.8 Å². The normalized spacial score (nSPS) is 17.4. The van der Waals surface area contributed by atoms with Crippen LogP contribution in [0.3, 0.4) is 0 Å². The van der Waals surface area contributed by atoms with Gasteiger partial charge in [0.05, 0.1) is 18.5 Å². The largest absolute Gasteiger partial charge is 0.573 e. The third-order valence-corrected chi connectivity index (χ3v) is 7.70. The molecule has 1 heterocycles. The Bertz CT molecular complexity index is 1440. The second kappa shape index (κ2) is 13.5. The van der Waals surface area contributed by atoms with Crippen LogP contribution in [-0.2, 0) is 31.1 Å². The number of hydrogen-bond acceptors (Lipinski definition) is 7. The summed E-state index contributed by atoms with van der Waals surface area (Å²) in [7, 11) is 1.50. The van der Waals surface area contributed by atoms with Crippen molar-refractivity contribution in [1.29, 1.82) is 0 Å². The molecule has 240 valence electrons. The lowest BCUT2D eigenvalue weighted by Gasteiger charge is -2.34. The van der Waals surface area contributed by atoms with Crippen LogP contribution in [0, 0.1) is 11.8 Å². The Kier molecular flexibility index (Phi) is 10.2. The number of hydrogen-bond donors (Lipinski definition) is 1. The minimum Gasteiger partial charge on any atom is -0.481 e. The van der Waals surface area contributed by atoms with Gasteiger partial charge in [-0.25, -0.2) is 0 Å². The fraction of sp³-hybridized carbons (Fsp3) is 0.500. The maximum atomic E-state index is 13.5. The van der Waals surface area contributed by atoms with Crippen molar-refractivity contribution in [2.75, 3.05) is 22.9 Å². The van der Waals surface area contributed by atoms with Gasteiger partial charge in [0.1, 0.15) is 5.75 Å². The van der Waals surface area contributed by atoms with Crippen molar-refractivity contribution < 1.29 is 41.0 Å². The number of benzene rings is 2. The molecule has 0 saturated heterocycles. The van der Waals surface area contributed by atoms with Crippen LogP contribution >= 0.6 is 11.6 Å². The number of carboxylic acids is 1. The van der Waals surface area contributed by atoms with Gasteiger partial charge in [0, 0.05) is 36.9 Å². The molecule has 1 fully saturated rings. The Morgan fingerprint density at radius 3 is 2.32 bits per heavy atom. The molecule has 9 nitrogen and oxygen atoms in total. The highest BCUT2D eigenvalue weighted by Gasteiger charge is 2.33. The van der Waals surface area contributed by atoms with Crippen LogP contribution in [-0.4, -0.2) is 50.7 Å². The fourth-order valence-electron chi connectivity index (χ4n) is 5.42. The molecular formula is C28H31ClF6N6O3. The minimum atomic E-state index is -4.95. The number of carboxylic acid groups (broad SMARTS) is 1. The highest BCUT2D eigenvalue weighted by Crippen LogP contribution is 2.36. The van der Waals surface area contributed by atoms with E-state index in [1.54, 1.807) is 0 Å². The molecule has 0 aliphatic heterocycles. The standard InChI is InChI=1S/C28H31ClF6N6O3/c1-3-40(14-17-4-6-19(7-5-17)25(42)43)24-9-8-23(44-28(33,34)35)12-20(24)16-41(26-36-38-39(2)37-26)15-18-10-21(27(30,31)32)13-22(29)11-18/h8-13,17,19H,3-7,14-16H2,1-2H3,(H,42,43)/t17-,19-. The molecule has 0 unspecified atom stereocenters. The highest BCUT2D eigenvalue weighted by molar-refractivity contribution is 6.30. The van der Waals surface area contributed by atoms with E-state index in [-0.39, 0.29) is 35.5 Å². The van der Waals surface area contributed by atoms with Crippen molar-refractivity contribution in [3.63, 3.8) is 0 Å². The smallest absolute Gasteiger partial charge is 0.481 e. The molecule has 0 bridgehead atoms. The quantitative estimate of drug-likeness (QED) is 0.229. The van der Waals surface area contributed by atoms with E-state index in [0.29, 0.717) is 50.0 Å². The summed E-state index contributed by atoms with van der Waals surface area (Å²) in [6.45, 7) is 2.61. The molecule has 1 saturated carbocycles. The maximum Gasteiger partial charge on any atom is 0.573 e. The van der Waals surface area contributed by atoms with Crippen molar-refractivity contribution in [3.05, 3.63) is 58.1 Å². The van der Waals surface area contributed by atoms with Gasteiger partial charge in [-0.3, -0.25) is 4.79 Å². The van der Waals surface area contributed by atoms with Crippen LogP contribution in [0.1, 0.15) is 49.3 Å². The molecule has 1 aliphatic carbocycles. The number of carbonyl (C=O) groups is 1. The summed E-state index contributed by atoms with van der Waals surface area (Å²) in [6.07, 6.45) is -7.17. The van der Waals surface area contributed by atoms with E-state index < -0.39 is 35.7 Å². The Hall–Kier alpha value is -3.75. The van der Waals surface area contributed by atoms with Crippen LogP contribution in [0.15, 0.2) is 36.4 Å². The Morgan fingerprint density at radius 2 is 1.75 bits per heavy atom. The van der Waals surface area contributed by atoms with Crippen LogP contribution in [0.5, 0.6) is 5.75 Å². The van der Waals surface area contributed by atoms with Crippen molar-refractivity contribution in [3.8, 4) is 5.75 Å². The minimum absolute atomic E-state index is 0.0316. The molecule has 1 aromatic heterocycles.